The number of methoxy groups -OCH3 is 1. The van der Waals surface area contributed by atoms with Gasteiger partial charge in [-0.15, -0.1) is 0 Å². The van der Waals surface area contributed by atoms with Crippen LogP contribution in [0, 0.1) is 5.82 Å². The Kier molecular flexibility index (Phi) is 4.10. The fraction of sp³-hybridized carbons (Fsp3) is 0.222. The average molecular weight is 313 g/mol. The van der Waals surface area contributed by atoms with E-state index in [2.05, 4.69) is 4.99 Å². The molecule has 2 aromatic rings. The molecule has 1 aliphatic heterocycles. The normalized spacial score (nSPS) is 19.8. The van der Waals surface area contributed by atoms with Crippen molar-refractivity contribution in [2.24, 2.45) is 4.99 Å². The molecule has 1 aliphatic rings. The molecule has 0 saturated carbocycles. The van der Waals surface area contributed by atoms with E-state index in [4.69, 9.17) is 9.47 Å². The Morgan fingerprint density at radius 2 is 1.91 bits per heavy atom. The summed E-state index contributed by atoms with van der Waals surface area (Å²) in [4.78, 5) is 16.8. The van der Waals surface area contributed by atoms with E-state index in [9.17, 15) is 9.18 Å². The van der Waals surface area contributed by atoms with Gasteiger partial charge in [-0.1, -0.05) is 30.3 Å². The second-order valence-corrected chi connectivity index (χ2v) is 5.40. The summed E-state index contributed by atoms with van der Waals surface area (Å²) in [7, 11) is 1.32. The van der Waals surface area contributed by atoms with Gasteiger partial charge in [-0.2, -0.15) is 0 Å². The number of ether oxygens (including phenoxy) is 2. The lowest BCUT2D eigenvalue weighted by Gasteiger charge is -2.21. The third-order valence-electron chi connectivity index (χ3n) is 3.76. The molecule has 23 heavy (non-hydrogen) atoms. The summed E-state index contributed by atoms with van der Waals surface area (Å²) < 4.78 is 23.6. The SMILES string of the molecule is COC(=O)C1(Cc2ccc(F)cc2)COC(c2ccccc2)=N1. The number of hydrogen-bond acceptors (Lipinski definition) is 4. The monoisotopic (exact) mass is 313 g/mol. The van der Waals surface area contributed by atoms with Crippen LogP contribution in [0.5, 0.6) is 0 Å². The van der Waals surface area contributed by atoms with Crippen LogP contribution in [-0.4, -0.2) is 31.1 Å². The van der Waals surface area contributed by atoms with Crippen molar-refractivity contribution >= 4 is 11.9 Å². The maximum Gasteiger partial charge on any atom is 0.337 e. The molecule has 0 bridgehead atoms. The van der Waals surface area contributed by atoms with Crippen molar-refractivity contribution in [1.82, 2.24) is 0 Å². The minimum absolute atomic E-state index is 0.0985. The Morgan fingerprint density at radius 1 is 1.22 bits per heavy atom. The first-order chi connectivity index (χ1) is 11.1. The average Bonchev–Trinajstić information content (AvgIpc) is 3.02. The van der Waals surface area contributed by atoms with Crippen LogP contribution >= 0.6 is 0 Å². The summed E-state index contributed by atoms with van der Waals surface area (Å²) in [5.41, 5.74) is 0.452. The number of benzene rings is 2. The Labute approximate surface area is 133 Å². The predicted octanol–water partition coefficient (Wildman–Crippen LogP) is 2.76. The van der Waals surface area contributed by atoms with Crippen molar-refractivity contribution < 1.29 is 18.7 Å². The molecule has 0 radical (unpaired) electrons. The molecule has 0 aliphatic carbocycles. The summed E-state index contributed by atoms with van der Waals surface area (Å²) in [6, 6.07) is 15.4. The van der Waals surface area contributed by atoms with Crippen molar-refractivity contribution in [2.45, 2.75) is 12.0 Å². The van der Waals surface area contributed by atoms with Crippen LogP contribution in [0.2, 0.25) is 0 Å². The molecule has 5 heteroatoms. The van der Waals surface area contributed by atoms with Crippen molar-refractivity contribution in [3.05, 3.63) is 71.5 Å². The van der Waals surface area contributed by atoms with E-state index in [-0.39, 0.29) is 18.8 Å². The second-order valence-electron chi connectivity index (χ2n) is 5.40. The Hall–Kier alpha value is -2.69. The van der Waals surface area contributed by atoms with Crippen LogP contribution in [0.4, 0.5) is 4.39 Å². The molecule has 1 atom stereocenters. The van der Waals surface area contributed by atoms with E-state index < -0.39 is 11.5 Å². The van der Waals surface area contributed by atoms with E-state index in [1.807, 2.05) is 30.3 Å². The highest BCUT2D eigenvalue weighted by Crippen LogP contribution is 2.27. The summed E-state index contributed by atoms with van der Waals surface area (Å²) in [6.45, 7) is 0.0985. The zero-order chi connectivity index (χ0) is 16.3. The number of rotatable bonds is 4. The number of esters is 1. The maximum absolute atomic E-state index is 13.1. The van der Waals surface area contributed by atoms with Gasteiger partial charge < -0.3 is 9.47 Å². The van der Waals surface area contributed by atoms with E-state index >= 15 is 0 Å². The molecule has 1 unspecified atom stereocenters. The molecule has 0 N–H and O–H groups in total. The lowest BCUT2D eigenvalue weighted by atomic mass is 9.92. The second kappa shape index (κ2) is 6.20. The van der Waals surface area contributed by atoms with Gasteiger partial charge in [0.1, 0.15) is 12.4 Å². The highest BCUT2D eigenvalue weighted by Gasteiger charge is 2.45. The lowest BCUT2D eigenvalue weighted by Crippen LogP contribution is -2.41. The van der Waals surface area contributed by atoms with Gasteiger partial charge in [0.15, 0.2) is 5.54 Å². The zero-order valence-electron chi connectivity index (χ0n) is 12.7. The van der Waals surface area contributed by atoms with Gasteiger partial charge in [-0.3, -0.25) is 0 Å². The summed E-state index contributed by atoms with van der Waals surface area (Å²) >= 11 is 0. The standard InChI is InChI=1S/C18H16FNO3/c1-22-17(21)18(11-13-7-9-15(19)10-8-13)12-23-16(20-18)14-5-3-2-4-6-14/h2-10H,11-12H2,1H3. The van der Waals surface area contributed by atoms with Crippen LogP contribution in [0.15, 0.2) is 59.6 Å². The van der Waals surface area contributed by atoms with Gasteiger partial charge in [0.2, 0.25) is 5.90 Å². The minimum atomic E-state index is -1.14. The molecular formula is C18H16FNO3. The van der Waals surface area contributed by atoms with Crippen molar-refractivity contribution in [3.63, 3.8) is 0 Å². The first-order valence-corrected chi connectivity index (χ1v) is 7.24. The van der Waals surface area contributed by atoms with Crippen LogP contribution in [0.1, 0.15) is 11.1 Å². The summed E-state index contributed by atoms with van der Waals surface area (Å²) in [5.74, 6) is -0.372. The molecule has 0 amide bonds. The number of hydrogen-bond donors (Lipinski definition) is 0. The van der Waals surface area contributed by atoms with Gasteiger partial charge in [0, 0.05) is 12.0 Å². The van der Waals surface area contributed by atoms with Gasteiger partial charge in [-0.05, 0) is 29.8 Å². The molecule has 1 heterocycles. The molecule has 4 nitrogen and oxygen atoms in total. The van der Waals surface area contributed by atoms with E-state index in [1.54, 1.807) is 12.1 Å². The van der Waals surface area contributed by atoms with E-state index in [1.165, 1.54) is 19.2 Å². The van der Waals surface area contributed by atoms with Crippen molar-refractivity contribution in [2.75, 3.05) is 13.7 Å². The van der Waals surface area contributed by atoms with Gasteiger partial charge >= 0.3 is 5.97 Å². The van der Waals surface area contributed by atoms with Gasteiger partial charge in [0.25, 0.3) is 0 Å². The third-order valence-corrected chi connectivity index (χ3v) is 3.76. The third kappa shape index (κ3) is 3.08. The van der Waals surface area contributed by atoms with Gasteiger partial charge in [0.05, 0.1) is 7.11 Å². The summed E-state index contributed by atoms with van der Waals surface area (Å²) in [5, 5.41) is 0. The first-order valence-electron chi connectivity index (χ1n) is 7.24. The zero-order valence-corrected chi connectivity index (χ0v) is 12.7. The molecule has 0 spiro atoms. The first kappa shape index (κ1) is 15.2. The lowest BCUT2D eigenvalue weighted by molar-refractivity contribution is -0.147. The predicted molar refractivity (Wildman–Crippen MR) is 83.8 cm³/mol. The fourth-order valence-electron chi connectivity index (χ4n) is 2.57. The number of nitrogens with zero attached hydrogens (tertiary/aromatic N) is 1. The Balaban J connectivity index is 1.94. The van der Waals surface area contributed by atoms with Crippen LogP contribution in [0.3, 0.4) is 0 Å². The molecular weight excluding hydrogens is 297 g/mol. The van der Waals surface area contributed by atoms with Crippen LogP contribution in [-0.2, 0) is 20.7 Å². The number of carbonyl (C=O) groups excluding carboxylic acids is 1. The van der Waals surface area contributed by atoms with Crippen molar-refractivity contribution in [3.8, 4) is 0 Å². The number of aliphatic imine (C=N–C) groups is 1. The molecule has 0 aromatic heterocycles. The smallest absolute Gasteiger partial charge is 0.337 e. The number of carbonyl (C=O) groups is 1. The van der Waals surface area contributed by atoms with Crippen molar-refractivity contribution in [1.29, 1.82) is 0 Å². The Morgan fingerprint density at radius 3 is 2.57 bits per heavy atom. The van der Waals surface area contributed by atoms with Crippen LogP contribution in [0.25, 0.3) is 0 Å². The molecule has 0 fully saturated rings. The van der Waals surface area contributed by atoms with E-state index in [0.29, 0.717) is 5.90 Å². The van der Waals surface area contributed by atoms with Crippen LogP contribution < -0.4 is 0 Å². The minimum Gasteiger partial charge on any atom is -0.474 e. The largest absolute Gasteiger partial charge is 0.474 e. The van der Waals surface area contributed by atoms with Gasteiger partial charge in [-0.25, -0.2) is 14.2 Å². The molecule has 3 rings (SSSR count). The molecule has 118 valence electrons. The topological polar surface area (TPSA) is 47.9 Å². The molecule has 2 aromatic carbocycles. The van der Waals surface area contributed by atoms with E-state index in [0.717, 1.165) is 11.1 Å². The maximum atomic E-state index is 13.1. The highest BCUT2D eigenvalue weighted by molar-refractivity contribution is 5.99. The molecule has 0 saturated heterocycles. The fourth-order valence-corrected chi connectivity index (χ4v) is 2.57. The summed E-state index contributed by atoms with van der Waals surface area (Å²) in [6.07, 6.45) is 0.288. The Bertz CT molecular complexity index is 728. The quantitative estimate of drug-likeness (QED) is 0.816. The number of halogens is 1. The highest BCUT2D eigenvalue weighted by atomic mass is 19.1.